The van der Waals surface area contributed by atoms with Crippen LogP contribution in [0, 0.1) is 6.92 Å². The van der Waals surface area contributed by atoms with Gasteiger partial charge in [0.25, 0.3) is 5.92 Å². The maximum atomic E-state index is 13.4. The third kappa shape index (κ3) is 3.28. The molecular weight excluding hydrogens is 264 g/mol. The van der Waals surface area contributed by atoms with Crippen molar-refractivity contribution in [3.8, 4) is 0 Å². The number of hydrogen-bond donors (Lipinski definition) is 2. The Kier molecular flexibility index (Phi) is 3.96. The van der Waals surface area contributed by atoms with E-state index in [4.69, 9.17) is 0 Å². The smallest absolute Gasteiger partial charge is 0.268 e. The van der Waals surface area contributed by atoms with Crippen LogP contribution in [0.5, 0.6) is 0 Å². The molecule has 0 spiro atoms. The predicted octanol–water partition coefficient (Wildman–Crippen LogP) is 2.57. The van der Waals surface area contributed by atoms with Crippen LogP contribution in [0.25, 0.3) is 0 Å². The minimum atomic E-state index is -2.86. The first-order chi connectivity index (χ1) is 9.38. The van der Waals surface area contributed by atoms with Crippen molar-refractivity contribution < 1.29 is 8.78 Å². The highest BCUT2D eigenvalue weighted by atomic mass is 19.3. The average molecular weight is 281 g/mol. The number of aliphatic imine (C=N–C) groups is 2. The fourth-order valence-electron chi connectivity index (χ4n) is 1.94. The summed E-state index contributed by atoms with van der Waals surface area (Å²) in [4.78, 5) is 8.36. The fraction of sp³-hybridized carbons (Fsp3) is 0.462. The van der Waals surface area contributed by atoms with Gasteiger partial charge in [-0.3, -0.25) is 5.10 Å². The first kappa shape index (κ1) is 14.4. The van der Waals surface area contributed by atoms with Crippen molar-refractivity contribution in [2.75, 3.05) is 0 Å². The molecule has 1 aliphatic heterocycles. The van der Waals surface area contributed by atoms with E-state index in [9.17, 15) is 8.78 Å². The second-order valence-electron chi connectivity index (χ2n) is 4.79. The van der Waals surface area contributed by atoms with E-state index < -0.39 is 5.92 Å². The number of allylic oxidation sites excluding steroid dienone is 2. The van der Waals surface area contributed by atoms with E-state index in [2.05, 4.69) is 25.5 Å². The normalized spacial score (nSPS) is 18.4. The molecular formula is C13H17F2N5. The number of aromatic nitrogens is 2. The zero-order valence-corrected chi connectivity index (χ0v) is 11.7. The van der Waals surface area contributed by atoms with Crippen LogP contribution in [0.2, 0.25) is 0 Å². The second-order valence-corrected chi connectivity index (χ2v) is 4.79. The van der Waals surface area contributed by atoms with E-state index in [1.54, 1.807) is 13.1 Å². The lowest BCUT2D eigenvalue weighted by Crippen LogP contribution is -2.24. The van der Waals surface area contributed by atoms with Crippen LogP contribution in [-0.2, 0) is 6.54 Å². The number of nitrogens with zero attached hydrogens (tertiary/aromatic N) is 3. The molecule has 2 rings (SSSR count). The van der Waals surface area contributed by atoms with E-state index in [0.29, 0.717) is 18.2 Å². The van der Waals surface area contributed by atoms with Gasteiger partial charge in [0.15, 0.2) is 0 Å². The molecule has 0 saturated carbocycles. The molecule has 0 bridgehead atoms. The molecule has 20 heavy (non-hydrogen) atoms. The van der Waals surface area contributed by atoms with Crippen LogP contribution in [0.15, 0.2) is 27.5 Å². The van der Waals surface area contributed by atoms with Crippen molar-refractivity contribution >= 4 is 12.2 Å². The Morgan fingerprint density at radius 2 is 2.15 bits per heavy atom. The van der Waals surface area contributed by atoms with E-state index in [1.807, 2.05) is 6.92 Å². The Morgan fingerprint density at radius 3 is 2.75 bits per heavy atom. The van der Waals surface area contributed by atoms with Gasteiger partial charge in [-0.25, -0.2) is 18.8 Å². The second kappa shape index (κ2) is 5.52. The van der Waals surface area contributed by atoms with Gasteiger partial charge in [0.2, 0.25) is 5.96 Å². The number of halogens is 2. The van der Waals surface area contributed by atoms with Gasteiger partial charge in [0.1, 0.15) is 0 Å². The third-order valence-electron chi connectivity index (χ3n) is 3.12. The largest absolute Gasteiger partial charge is 0.328 e. The molecule has 1 aromatic rings. The number of aromatic amines is 1. The highest BCUT2D eigenvalue weighted by Crippen LogP contribution is 2.28. The minimum Gasteiger partial charge on any atom is -0.328 e. The highest BCUT2D eigenvalue weighted by Gasteiger charge is 2.29. The topological polar surface area (TPSA) is 65.4 Å². The molecule has 0 atom stereocenters. The van der Waals surface area contributed by atoms with Gasteiger partial charge in [-0.2, -0.15) is 5.10 Å². The predicted molar refractivity (Wildman–Crippen MR) is 74.0 cm³/mol. The summed E-state index contributed by atoms with van der Waals surface area (Å²) in [5.74, 6) is -2.53. The molecule has 2 N–H and O–H groups in total. The fourth-order valence-corrected chi connectivity index (χ4v) is 1.94. The molecule has 0 amide bonds. The van der Waals surface area contributed by atoms with Gasteiger partial charge >= 0.3 is 0 Å². The maximum absolute atomic E-state index is 13.4. The Bertz CT molecular complexity index is 578. The lowest BCUT2D eigenvalue weighted by molar-refractivity contribution is 0.0606. The maximum Gasteiger partial charge on any atom is 0.268 e. The summed E-state index contributed by atoms with van der Waals surface area (Å²) in [7, 11) is 0. The molecule has 1 aliphatic rings. The van der Waals surface area contributed by atoms with Crippen molar-refractivity contribution in [2.45, 2.75) is 39.7 Å². The first-order valence-corrected chi connectivity index (χ1v) is 6.29. The van der Waals surface area contributed by atoms with Crippen LogP contribution in [0.4, 0.5) is 8.78 Å². The standard InChI is InChI=1S/C13H17F2N5/c1-8-10(7-18-20-8)6-17-12-16-5-4-11(9(2)19-12)13(3,14)15/h5,7H,4,6H2,1-3H3,(H,17,19)(H,18,20). The summed E-state index contributed by atoms with van der Waals surface area (Å²) in [5.41, 5.74) is 2.31. The number of hydrogen-bond acceptors (Lipinski definition) is 2. The van der Waals surface area contributed by atoms with Crippen LogP contribution in [0.3, 0.4) is 0 Å². The molecule has 2 heterocycles. The lowest BCUT2D eigenvalue weighted by atomic mass is 10.1. The molecule has 0 unspecified atom stereocenters. The number of guanidine groups is 1. The van der Waals surface area contributed by atoms with Crippen molar-refractivity contribution in [1.29, 1.82) is 0 Å². The monoisotopic (exact) mass is 281 g/mol. The van der Waals surface area contributed by atoms with E-state index in [-0.39, 0.29) is 12.0 Å². The van der Waals surface area contributed by atoms with E-state index in [0.717, 1.165) is 18.2 Å². The molecule has 5 nitrogen and oxygen atoms in total. The van der Waals surface area contributed by atoms with Gasteiger partial charge in [-0.1, -0.05) is 0 Å². The van der Waals surface area contributed by atoms with Crippen molar-refractivity contribution in [3.05, 3.63) is 28.7 Å². The summed E-state index contributed by atoms with van der Waals surface area (Å²) in [6.45, 7) is 4.79. The minimum absolute atomic E-state index is 0.0333. The van der Waals surface area contributed by atoms with Gasteiger partial charge in [0.05, 0.1) is 12.7 Å². The molecule has 0 saturated heterocycles. The van der Waals surface area contributed by atoms with Gasteiger partial charge in [-0.15, -0.1) is 0 Å². The van der Waals surface area contributed by atoms with Gasteiger partial charge in [0, 0.05) is 42.1 Å². The summed E-state index contributed by atoms with van der Waals surface area (Å²) in [6, 6.07) is 0. The third-order valence-corrected chi connectivity index (χ3v) is 3.12. The number of rotatable bonds is 3. The summed E-state index contributed by atoms with van der Waals surface area (Å²) in [5, 5.41) is 9.56. The molecule has 7 heteroatoms. The highest BCUT2D eigenvalue weighted by molar-refractivity contribution is 5.90. The Hall–Kier alpha value is -2.05. The average Bonchev–Trinajstić information content (AvgIpc) is 2.64. The molecule has 108 valence electrons. The van der Waals surface area contributed by atoms with Crippen molar-refractivity contribution in [2.24, 2.45) is 9.98 Å². The molecule has 1 aromatic heterocycles. The quantitative estimate of drug-likeness (QED) is 0.894. The Labute approximate surface area is 115 Å². The van der Waals surface area contributed by atoms with Crippen LogP contribution in [0.1, 0.15) is 31.5 Å². The first-order valence-electron chi connectivity index (χ1n) is 6.29. The Balaban J connectivity index is 2.16. The molecule has 0 fully saturated rings. The molecule has 0 aromatic carbocycles. The van der Waals surface area contributed by atoms with E-state index in [1.165, 1.54) is 6.21 Å². The lowest BCUT2D eigenvalue weighted by Gasteiger charge is -2.16. The zero-order chi connectivity index (χ0) is 14.8. The molecule has 0 aliphatic carbocycles. The van der Waals surface area contributed by atoms with Crippen LogP contribution < -0.4 is 5.32 Å². The molecule has 0 radical (unpaired) electrons. The number of H-pyrrole nitrogens is 1. The van der Waals surface area contributed by atoms with Gasteiger partial charge < -0.3 is 5.32 Å². The van der Waals surface area contributed by atoms with Crippen LogP contribution in [-0.4, -0.2) is 28.3 Å². The number of aryl methyl sites for hydroxylation is 1. The summed E-state index contributed by atoms with van der Waals surface area (Å²) in [6.07, 6.45) is 3.26. The zero-order valence-electron chi connectivity index (χ0n) is 11.7. The Morgan fingerprint density at radius 1 is 1.40 bits per heavy atom. The van der Waals surface area contributed by atoms with Crippen LogP contribution >= 0.6 is 0 Å². The van der Waals surface area contributed by atoms with Crippen molar-refractivity contribution in [3.63, 3.8) is 0 Å². The SMILES string of the molecule is CC1=C(C(C)(F)F)CC=NC(=NCc2cn[nH]c2C)N1. The van der Waals surface area contributed by atoms with Crippen molar-refractivity contribution in [1.82, 2.24) is 15.5 Å². The summed E-state index contributed by atoms with van der Waals surface area (Å²) >= 11 is 0. The number of alkyl halides is 2. The van der Waals surface area contributed by atoms with E-state index >= 15 is 0 Å². The van der Waals surface area contributed by atoms with Gasteiger partial charge in [-0.05, 0) is 13.8 Å². The summed E-state index contributed by atoms with van der Waals surface area (Å²) < 4.78 is 26.8. The number of nitrogens with one attached hydrogen (secondary N) is 2.